The molecule has 0 saturated heterocycles. The van der Waals surface area contributed by atoms with Gasteiger partial charge in [-0.3, -0.25) is 14.7 Å². The minimum Gasteiger partial charge on any atom is -0.444 e. The summed E-state index contributed by atoms with van der Waals surface area (Å²) in [5.41, 5.74) is -0.957. The predicted octanol–water partition coefficient (Wildman–Crippen LogP) is 2.17. The summed E-state index contributed by atoms with van der Waals surface area (Å²) in [6.45, 7) is 5.22. The van der Waals surface area contributed by atoms with Gasteiger partial charge in [-0.1, -0.05) is 5.16 Å². The van der Waals surface area contributed by atoms with Crippen molar-refractivity contribution in [2.75, 3.05) is 5.32 Å². The van der Waals surface area contributed by atoms with Crippen LogP contribution in [0.5, 0.6) is 0 Å². The van der Waals surface area contributed by atoms with Crippen molar-refractivity contribution in [3.8, 4) is 5.82 Å². The van der Waals surface area contributed by atoms with Crippen LogP contribution >= 0.6 is 0 Å². The topological polar surface area (TPSA) is 86.4 Å². The van der Waals surface area contributed by atoms with Gasteiger partial charge >= 0.3 is 6.09 Å². The molecule has 7 nitrogen and oxygen atoms in total. The fraction of sp³-hybridized carbons (Fsp3) is 0.308. The summed E-state index contributed by atoms with van der Waals surface area (Å²) in [5, 5.41) is 6.09. The van der Waals surface area contributed by atoms with Crippen molar-refractivity contribution in [1.29, 1.82) is 0 Å². The van der Waals surface area contributed by atoms with E-state index in [0.29, 0.717) is 5.82 Å². The number of pyridine rings is 1. The van der Waals surface area contributed by atoms with Gasteiger partial charge in [-0.25, -0.2) is 4.79 Å². The number of ether oxygens (including phenoxy) is 1. The minimum absolute atomic E-state index is 0.102. The van der Waals surface area contributed by atoms with Crippen LogP contribution in [0.25, 0.3) is 5.82 Å². The van der Waals surface area contributed by atoms with Gasteiger partial charge in [0.2, 0.25) is 0 Å². The molecular formula is C13H15N3O4. The summed E-state index contributed by atoms with van der Waals surface area (Å²) < 4.78 is 11.0. The number of rotatable bonds is 2. The zero-order chi connectivity index (χ0) is 14.8. The minimum atomic E-state index is -0.687. The maximum atomic E-state index is 12.2. The molecule has 2 heterocycles. The lowest BCUT2D eigenvalue weighted by Crippen LogP contribution is -2.30. The molecule has 0 aliphatic carbocycles. The fourth-order valence-corrected chi connectivity index (χ4v) is 1.51. The van der Waals surface area contributed by atoms with E-state index in [2.05, 4.69) is 15.0 Å². The summed E-state index contributed by atoms with van der Waals surface area (Å²) in [6.07, 6.45) is 2.20. The third kappa shape index (κ3) is 3.25. The van der Waals surface area contributed by atoms with Crippen molar-refractivity contribution >= 4 is 11.8 Å². The number of nitrogens with one attached hydrogen (secondary N) is 1. The highest BCUT2D eigenvalue weighted by molar-refractivity contribution is 5.84. The normalized spacial score (nSPS) is 11.2. The average molecular weight is 277 g/mol. The molecule has 7 heteroatoms. The van der Waals surface area contributed by atoms with Gasteiger partial charge in [-0.05, 0) is 32.9 Å². The number of hydrogen-bond donors (Lipinski definition) is 1. The van der Waals surface area contributed by atoms with Crippen LogP contribution in [0.15, 0.2) is 40.0 Å². The third-order valence-electron chi connectivity index (χ3n) is 2.25. The quantitative estimate of drug-likeness (QED) is 0.909. The van der Waals surface area contributed by atoms with Crippen molar-refractivity contribution in [2.45, 2.75) is 26.4 Å². The van der Waals surface area contributed by atoms with Gasteiger partial charge in [-0.15, -0.1) is 0 Å². The van der Waals surface area contributed by atoms with Crippen LogP contribution < -0.4 is 10.9 Å². The van der Waals surface area contributed by atoms with E-state index in [1.807, 2.05) is 0 Å². The highest BCUT2D eigenvalue weighted by Crippen LogP contribution is 2.10. The highest BCUT2D eigenvalue weighted by Gasteiger charge is 2.17. The first-order valence-corrected chi connectivity index (χ1v) is 5.99. The lowest BCUT2D eigenvalue weighted by atomic mass is 10.2. The first kappa shape index (κ1) is 13.9. The first-order valence-electron chi connectivity index (χ1n) is 5.99. The molecule has 1 N–H and O–H groups in total. The predicted molar refractivity (Wildman–Crippen MR) is 72.0 cm³/mol. The second-order valence-corrected chi connectivity index (χ2v) is 5.08. The number of carbonyl (C=O) groups excluding carboxylic acids is 1. The molecule has 0 bridgehead atoms. The van der Waals surface area contributed by atoms with Crippen molar-refractivity contribution in [3.05, 3.63) is 41.0 Å². The third-order valence-corrected chi connectivity index (χ3v) is 2.25. The Morgan fingerprint density at radius 1 is 1.40 bits per heavy atom. The molecule has 20 heavy (non-hydrogen) atoms. The van der Waals surface area contributed by atoms with Crippen molar-refractivity contribution in [1.82, 2.24) is 9.72 Å². The fourth-order valence-electron chi connectivity index (χ4n) is 1.51. The van der Waals surface area contributed by atoms with Crippen LogP contribution in [-0.2, 0) is 4.74 Å². The van der Waals surface area contributed by atoms with Gasteiger partial charge in [-0.2, -0.15) is 0 Å². The van der Waals surface area contributed by atoms with E-state index in [1.165, 1.54) is 23.1 Å². The van der Waals surface area contributed by atoms with Gasteiger partial charge in [0.05, 0.1) is 0 Å². The Balaban J connectivity index is 2.24. The molecule has 1 amide bonds. The van der Waals surface area contributed by atoms with Gasteiger partial charge < -0.3 is 9.26 Å². The molecule has 0 unspecified atom stereocenters. The van der Waals surface area contributed by atoms with Gasteiger partial charge in [0.15, 0.2) is 5.82 Å². The van der Waals surface area contributed by atoms with E-state index in [1.54, 1.807) is 32.9 Å². The number of aromatic nitrogens is 2. The van der Waals surface area contributed by atoms with Crippen molar-refractivity contribution in [2.24, 2.45) is 0 Å². The van der Waals surface area contributed by atoms with E-state index >= 15 is 0 Å². The largest absolute Gasteiger partial charge is 0.444 e. The van der Waals surface area contributed by atoms with Crippen LogP contribution in [0, 0.1) is 0 Å². The second kappa shape index (κ2) is 5.20. The number of amides is 1. The maximum Gasteiger partial charge on any atom is 0.412 e. The smallest absolute Gasteiger partial charge is 0.412 e. The molecule has 2 aromatic heterocycles. The van der Waals surface area contributed by atoms with E-state index in [0.717, 1.165) is 0 Å². The second-order valence-electron chi connectivity index (χ2n) is 5.08. The molecular weight excluding hydrogens is 262 g/mol. The first-order chi connectivity index (χ1) is 9.37. The molecule has 0 radical (unpaired) electrons. The molecule has 0 aliphatic rings. The Hall–Kier alpha value is -2.57. The molecule has 0 fully saturated rings. The molecule has 0 spiro atoms. The van der Waals surface area contributed by atoms with E-state index in [-0.39, 0.29) is 5.69 Å². The molecule has 2 aromatic rings. The molecule has 106 valence electrons. The summed E-state index contributed by atoms with van der Waals surface area (Å²) in [4.78, 5) is 23.8. The van der Waals surface area contributed by atoms with Crippen molar-refractivity contribution in [3.63, 3.8) is 0 Å². The van der Waals surface area contributed by atoms with E-state index in [4.69, 9.17) is 4.74 Å². The van der Waals surface area contributed by atoms with Crippen LogP contribution in [0.4, 0.5) is 10.5 Å². The molecule has 0 aliphatic heterocycles. The van der Waals surface area contributed by atoms with E-state index < -0.39 is 17.3 Å². The Labute approximate surface area is 115 Å². The number of nitrogens with zero attached hydrogens (tertiary/aromatic N) is 2. The highest BCUT2D eigenvalue weighted by atomic mass is 16.6. The standard InChI is InChI=1S/C13H15N3O4/c1-13(2,3)20-12(18)14-9-5-4-7-16(11(9)17)10-6-8-19-15-10/h4-8H,1-3H3,(H,14,18). The molecule has 0 saturated carbocycles. The van der Waals surface area contributed by atoms with Crippen molar-refractivity contribution < 1.29 is 14.1 Å². The summed E-state index contributed by atoms with van der Waals surface area (Å²) in [5.74, 6) is 0.336. The number of hydrogen-bond acceptors (Lipinski definition) is 5. The maximum absolute atomic E-state index is 12.2. The average Bonchev–Trinajstić information content (AvgIpc) is 2.83. The number of carbonyl (C=O) groups is 1. The van der Waals surface area contributed by atoms with Crippen LogP contribution in [0.3, 0.4) is 0 Å². The monoisotopic (exact) mass is 277 g/mol. The Bertz CT molecular complexity index is 653. The van der Waals surface area contributed by atoms with Crippen LogP contribution in [0.2, 0.25) is 0 Å². The summed E-state index contributed by atoms with van der Waals surface area (Å²) in [7, 11) is 0. The lowest BCUT2D eigenvalue weighted by molar-refractivity contribution is 0.0635. The lowest BCUT2D eigenvalue weighted by Gasteiger charge is -2.19. The summed E-state index contributed by atoms with van der Waals surface area (Å²) in [6, 6.07) is 4.64. The Morgan fingerprint density at radius 2 is 2.15 bits per heavy atom. The molecule has 0 atom stereocenters. The Kier molecular flexibility index (Phi) is 3.60. The molecule has 2 rings (SSSR count). The molecule has 0 aromatic carbocycles. The zero-order valence-corrected chi connectivity index (χ0v) is 11.4. The van der Waals surface area contributed by atoms with Gasteiger partial charge in [0, 0.05) is 12.3 Å². The van der Waals surface area contributed by atoms with E-state index in [9.17, 15) is 9.59 Å². The number of anilines is 1. The van der Waals surface area contributed by atoms with Gasteiger partial charge in [0.25, 0.3) is 5.56 Å². The van der Waals surface area contributed by atoms with Crippen LogP contribution in [0.1, 0.15) is 20.8 Å². The summed E-state index contributed by atoms with van der Waals surface area (Å²) >= 11 is 0. The SMILES string of the molecule is CC(C)(C)OC(=O)Nc1cccn(-c2ccon2)c1=O. The van der Waals surface area contributed by atoms with Crippen LogP contribution in [-0.4, -0.2) is 21.4 Å². The zero-order valence-electron chi connectivity index (χ0n) is 11.4. The van der Waals surface area contributed by atoms with Gasteiger partial charge in [0.1, 0.15) is 17.6 Å². The Morgan fingerprint density at radius 3 is 2.75 bits per heavy atom.